The summed E-state index contributed by atoms with van der Waals surface area (Å²) in [6.45, 7) is 0.383. The van der Waals surface area contributed by atoms with E-state index < -0.39 is 10.2 Å². The van der Waals surface area contributed by atoms with Gasteiger partial charge in [0.05, 0.1) is 4.92 Å². The van der Waals surface area contributed by atoms with Gasteiger partial charge in [0, 0.05) is 12.1 Å². The summed E-state index contributed by atoms with van der Waals surface area (Å²) in [5.41, 5.74) is 0.198. The lowest BCUT2D eigenvalue weighted by atomic mass is 10.1. The van der Waals surface area contributed by atoms with E-state index in [-0.39, 0.29) is 11.3 Å². The second kappa shape index (κ2) is 5.05. The Balaban J connectivity index is 3.32. The van der Waals surface area contributed by atoms with Crippen molar-refractivity contribution in [2.75, 3.05) is 14.1 Å². The van der Waals surface area contributed by atoms with Crippen molar-refractivity contribution < 1.29 is 9.72 Å². The number of hydrogen-bond acceptors (Lipinski definition) is 4. The Bertz CT molecular complexity index is 432. The van der Waals surface area contributed by atoms with E-state index >= 15 is 0 Å². The van der Waals surface area contributed by atoms with Gasteiger partial charge in [-0.15, -0.1) is 0 Å². The van der Waals surface area contributed by atoms with Crippen molar-refractivity contribution in [3.05, 3.63) is 39.4 Å². The van der Waals surface area contributed by atoms with Crippen LogP contribution in [0.3, 0.4) is 0 Å². The van der Waals surface area contributed by atoms with Crippen LogP contribution in [0.2, 0.25) is 0 Å². The van der Waals surface area contributed by atoms with Gasteiger partial charge in [-0.1, -0.05) is 12.1 Å². The highest BCUT2D eigenvalue weighted by Gasteiger charge is 2.23. The summed E-state index contributed by atoms with van der Waals surface area (Å²) in [5, 5.41) is 10.1. The monoisotopic (exact) mass is 242 g/mol. The molecule has 0 saturated carbocycles. The van der Waals surface area contributed by atoms with Gasteiger partial charge in [0.1, 0.15) is 5.56 Å². The van der Waals surface area contributed by atoms with E-state index in [1.54, 1.807) is 31.1 Å². The van der Waals surface area contributed by atoms with Crippen LogP contribution in [0, 0.1) is 10.1 Å². The van der Waals surface area contributed by atoms with Crippen LogP contribution in [0.4, 0.5) is 5.69 Å². The number of nitro benzene ring substituents is 1. The topological polar surface area (TPSA) is 63.5 Å². The summed E-state index contributed by atoms with van der Waals surface area (Å²) in [6, 6.07) is 4.55. The number of nitro groups is 1. The van der Waals surface area contributed by atoms with E-state index in [1.807, 2.05) is 0 Å². The highest BCUT2D eigenvalue weighted by Crippen LogP contribution is 2.25. The Morgan fingerprint density at radius 1 is 1.50 bits per heavy atom. The van der Waals surface area contributed by atoms with Crippen LogP contribution < -0.4 is 0 Å². The van der Waals surface area contributed by atoms with Gasteiger partial charge >= 0.3 is 0 Å². The average Bonchev–Trinajstić information content (AvgIpc) is 2.15. The molecule has 0 aromatic heterocycles. The number of nitrogens with zero attached hydrogens (tertiary/aromatic N) is 2. The van der Waals surface area contributed by atoms with E-state index in [0.717, 1.165) is 0 Å². The van der Waals surface area contributed by atoms with Crippen LogP contribution in [0.25, 0.3) is 0 Å². The molecule has 0 spiro atoms. The Labute approximate surface area is 97.8 Å². The SMILES string of the molecule is CN(C)Cc1cccc(C(=O)Cl)c1[N+](=O)[O-]. The normalized spacial score (nSPS) is 10.5. The van der Waals surface area contributed by atoms with Gasteiger partial charge in [-0.3, -0.25) is 14.9 Å². The number of rotatable bonds is 4. The zero-order chi connectivity index (χ0) is 12.3. The Morgan fingerprint density at radius 3 is 2.56 bits per heavy atom. The first-order valence-corrected chi connectivity index (χ1v) is 4.92. The molecule has 1 aromatic rings. The van der Waals surface area contributed by atoms with Gasteiger partial charge in [0.15, 0.2) is 0 Å². The maximum Gasteiger partial charge on any atom is 0.285 e. The number of para-hydroxylation sites is 1. The average molecular weight is 243 g/mol. The minimum absolute atomic E-state index is 0.0639. The molecule has 16 heavy (non-hydrogen) atoms. The molecule has 0 aliphatic heterocycles. The zero-order valence-electron chi connectivity index (χ0n) is 8.94. The van der Waals surface area contributed by atoms with E-state index in [0.29, 0.717) is 12.1 Å². The predicted octanol–water partition coefficient (Wildman–Crippen LogP) is 2.04. The first-order valence-electron chi connectivity index (χ1n) is 4.54. The van der Waals surface area contributed by atoms with Crippen LogP contribution >= 0.6 is 11.6 Å². The van der Waals surface area contributed by atoms with E-state index in [2.05, 4.69) is 0 Å². The summed E-state index contributed by atoms with van der Waals surface area (Å²) in [5.74, 6) is 0. The third-order valence-corrected chi connectivity index (χ3v) is 2.20. The summed E-state index contributed by atoms with van der Waals surface area (Å²) < 4.78 is 0. The lowest BCUT2D eigenvalue weighted by molar-refractivity contribution is -0.385. The second-order valence-electron chi connectivity index (χ2n) is 3.58. The minimum atomic E-state index is -0.813. The molecule has 0 atom stereocenters. The number of carbonyl (C=O) groups excluding carboxylic acids is 1. The fraction of sp³-hybridized carbons (Fsp3) is 0.300. The number of benzene rings is 1. The molecular formula is C10H11ClN2O3. The van der Waals surface area contributed by atoms with Crippen LogP contribution in [-0.2, 0) is 6.54 Å². The molecule has 0 radical (unpaired) electrons. The first kappa shape index (κ1) is 12.6. The summed E-state index contributed by atoms with van der Waals surface area (Å²) in [4.78, 5) is 23.2. The number of carbonyl (C=O) groups is 1. The third-order valence-electron chi connectivity index (χ3n) is 2.00. The fourth-order valence-electron chi connectivity index (χ4n) is 1.43. The molecule has 0 unspecified atom stereocenters. The fourth-order valence-corrected chi connectivity index (χ4v) is 1.59. The van der Waals surface area contributed by atoms with Gasteiger partial charge in [-0.25, -0.2) is 0 Å². The second-order valence-corrected chi connectivity index (χ2v) is 3.93. The van der Waals surface area contributed by atoms with Crippen molar-refractivity contribution in [2.24, 2.45) is 0 Å². The highest BCUT2D eigenvalue weighted by molar-refractivity contribution is 6.68. The van der Waals surface area contributed by atoms with Gasteiger partial charge in [-0.05, 0) is 31.8 Å². The van der Waals surface area contributed by atoms with Crippen molar-refractivity contribution in [1.29, 1.82) is 0 Å². The van der Waals surface area contributed by atoms with Gasteiger partial charge < -0.3 is 4.90 Å². The lowest BCUT2D eigenvalue weighted by Crippen LogP contribution is -2.13. The lowest BCUT2D eigenvalue weighted by Gasteiger charge is -2.10. The van der Waals surface area contributed by atoms with Crippen LogP contribution in [0.1, 0.15) is 15.9 Å². The zero-order valence-corrected chi connectivity index (χ0v) is 9.69. The summed E-state index contributed by atoms with van der Waals surface area (Å²) in [6.07, 6.45) is 0. The van der Waals surface area contributed by atoms with Crippen molar-refractivity contribution in [3.8, 4) is 0 Å². The van der Waals surface area contributed by atoms with Gasteiger partial charge in [0.25, 0.3) is 10.9 Å². The summed E-state index contributed by atoms with van der Waals surface area (Å²) >= 11 is 5.30. The van der Waals surface area contributed by atoms with Crippen molar-refractivity contribution >= 4 is 22.5 Å². The smallest absolute Gasteiger partial charge is 0.285 e. The molecule has 0 bridgehead atoms. The maximum atomic E-state index is 11.1. The molecule has 0 heterocycles. The minimum Gasteiger partial charge on any atom is -0.305 e. The van der Waals surface area contributed by atoms with Gasteiger partial charge in [0.2, 0.25) is 0 Å². The van der Waals surface area contributed by atoms with Crippen molar-refractivity contribution in [3.63, 3.8) is 0 Å². The van der Waals surface area contributed by atoms with Crippen LogP contribution in [-0.4, -0.2) is 29.2 Å². The molecule has 0 amide bonds. The summed E-state index contributed by atoms with van der Waals surface area (Å²) in [7, 11) is 3.58. The first-order chi connectivity index (χ1) is 7.43. The van der Waals surface area contributed by atoms with Crippen molar-refractivity contribution in [1.82, 2.24) is 4.90 Å². The molecule has 1 rings (SSSR count). The highest BCUT2D eigenvalue weighted by atomic mass is 35.5. The molecule has 0 fully saturated rings. The Hall–Kier alpha value is -1.46. The molecule has 0 aliphatic rings. The number of halogens is 1. The molecule has 0 aliphatic carbocycles. The molecule has 0 saturated heterocycles. The maximum absolute atomic E-state index is 11.1. The van der Waals surface area contributed by atoms with E-state index in [9.17, 15) is 14.9 Å². The van der Waals surface area contributed by atoms with Crippen LogP contribution in [0.5, 0.6) is 0 Å². The van der Waals surface area contributed by atoms with Crippen molar-refractivity contribution in [2.45, 2.75) is 6.54 Å². The molecule has 86 valence electrons. The molecule has 5 nitrogen and oxygen atoms in total. The standard InChI is InChI=1S/C10H11ClN2O3/c1-12(2)6-7-4-3-5-8(10(11)14)9(7)13(15)16/h3-5H,6H2,1-2H3. The predicted molar refractivity (Wildman–Crippen MR) is 60.7 cm³/mol. The third kappa shape index (κ3) is 2.77. The van der Waals surface area contributed by atoms with E-state index in [4.69, 9.17) is 11.6 Å². The molecule has 0 N–H and O–H groups in total. The molecule has 6 heteroatoms. The Kier molecular flexibility index (Phi) is 3.98. The quantitative estimate of drug-likeness (QED) is 0.460. The van der Waals surface area contributed by atoms with E-state index in [1.165, 1.54) is 6.07 Å². The Morgan fingerprint density at radius 2 is 2.12 bits per heavy atom. The molecular weight excluding hydrogens is 232 g/mol. The molecule has 1 aromatic carbocycles. The van der Waals surface area contributed by atoms with Gasteiger partial charge in [-0.2, -0.15) is 0 Å². The number of hydrogen-bond donors (Lipinski definition) is 0. The van der Waals surface area contributed by atoms with Crippen LogP contribution in [0.15, 0.2) is 18.2 Å². The largest absolute Gasteiger partial charge is 0.305 e.